The van der Waals surface area contributed by atoms with E-state index in [0.717, 1.165) is 11.1 Å². The van der Waals surface area contributed by atoms with Crippen LogP contribution in [0, 0.1) is 0 Å². The molecule has 0 saturated carbocycles. The predicted molar refractivity (Wildman–Crippen MR) is 94.3 cm³/mol. The molecular formula is C19H16N2O4. The quantitative estimate of drug-likeness (QED) is 0.560. The van der Waals surface area contributed by atoms with E-state index in [1.807, 2.05) is 48.5 Å². The lowest BCUT2D eigenvalue weighted by Crippen LogP contribution is -2.23. The number of nitrogens with zero attached hydrogens (tertiary/aromatic N) is 2. The Hall–Kier alpha value is -3.28. The minimum absolute atomic E-state index is 0.209. The minimum Gasteiger partial charge on any atom is -0.497 e. The fourth-order valence-corrected chi connectivity index (χ4v) is 2.71. The average Bonchev–Trinajstić information content (AvgIpc) is 3.04. The van der Waals surface area contributed by atoms with Crippen LogP contribution in [-0.2, 0) is 6.54 Å². The second-order valence-corrected chi connectivity index (χ2v) is 5.54. The molecule has 0 aliphatic heterocycles. The van der Waals surface area contributed by atoms with Crippen molar-refractivity contribution in [2.24, 2.45) is 0 Å². The molecular weight excluding hydrogens is 320 g/mol. The summed E-state index contributed by atoms with van der Waals surface area (Å²) >= 11 is 0. The van der Waals surface area contributed by atoms with Crippen molar-refractivity contribution in [2.45, 2.75) is 6.54 Å². The highest BCUT2D eigenvalue weighted by atomic mass is 16.5. The molecule has 0 bridgehead atoms. The van der Waals surface area contributed by atoms with Crippen LogP contribution in [0.25, 0.3) is 22.1 Å². The Morgan fingerprint density at radius 1 is 1.08 bits per heavy atom. The fraction of sp³-hybridized carbons (Fsp3) is 0.158. The number of para-hydroxylation sites is 1. The van der Waals surface area contributed by atoms with Gasteiger partial charge in [-0.05, 0) is 36.4 Å². The summed E-state index contributed by atoms with van der Waals surface area (Å²) in [5.74, 6) is 1.48. The van der Waals surface area contributed by atoms with Crippen LogP contribution in [0.1, 0.15) is 0 Å². The molecule has 2 heterocycles. The van der Waals surface area contributed by atoms with E-state index in [2.05, 4.69) is 4.98 Å². The zero-order valence-electron chi connectivity index (χ0n) is 13.6. The van der Waals surface area contributed by atoms with Gasteiger partial charge < -0.3 is 13.9 Å². The van der Waals surface area contributed by atoms with Gasteiger partial charge in [-0.25, -0.2) is 4.98 Å². The first-order valence-electron chi connectivity index (χ1n) is 7.90. The summed E-state index contributed by atoms with van der Waals surface area (Å²) in [5.41, 5.74) is 1.31. The van der Waals surface area contributed by atoms with E-state index in [-0.39, 0.29) is 11.1 Å². The predicted octanol–water partition coefficient (Wildman–Crippen LogP) is 3.23. The van der Waals surface area contributed by atoms with Crippen LogP contribution in [0.4, 0.5) is 0 Å². The van der Waals surface area contributed by atoms with Crippen molar-refractivity contribution in [2.75, 3.05) is 13.7 Å². The number of aromatic nitrogens is 2. The van der Waals surface area contributed by atoms with E-state index in [0.29, 0.717) is 30.0 Å². The molecule has 6 heteroatoms. The van der Waals surface area contributed by atoms with Crippen LogP contribution >= 0.6 is 0 Å². The highest BCUT2D eigenvalue weighted by molar-refractivity contribution is 6.01. The minimum atomic E-state index is -0.209. The van der Waals surface area contributed by atoms with Crippen molar-refractivity contribution in [3.05, 3.63) is 65.2 Å². The molecule has 0 fully saturated rings. The number of furan rings is 1. The average molecular weight is 336 g/mol. The van der Waals surface area contributed by atoms with Crippen molar-refractivity contribution in [1.82, 2.24) is 9.55 Å². The summed E-state index contributed by atoms with van der Waals surface area (Å²) in [4.78, 5) is 17.0. The first kappa shape index (κ1) is 15.3. The van der Waals surface area contributed by atoms with Gasteiger partial charge >= 0.3 is 0 Å². The van der Waals surface area contributed by atoms with Gasteiger partial charge in [-0.2, -0.15) is 0 Å². The number of hydrogen-bond acceptors (Lipinski definition) is 5. The molecule has 0 N–H and O–H groups in total. The van der Waals surface area contributed by atoms with Crippen molar-refractivity contribution >= 4 is 22.1 Å². The van der Waals surface area contributed by atoms with Gasteiger partial charge in [0.1, 0.15) is 29.2 Å². The molecule has 126 valence electrons. The molecule has 4 rings (SSSR count). The van der Waals surface area contributed by atoms with E-state index in [1.54, 1.807) is 7.11 Å². The lowest BCUT2D eigenvalue weighted by Gasteiger charge is -2.08. The lowest BCUT2D eigenvalue weighted by atomic mass is 10.2. The van der Waals surface area contributed by atoms with Gasteiger partial charge in [-0.15, -0.1) is 0 Å². The van der Waals surface area contributed by atoms with Crippen LogP contribution in [-0.4, -0.2) is 23.3 Å². The Kier molecular flexibility index (Phi) is 3.85. The van der Waals surface area contributed by atoms with Crippen molar-refractivity contribution < 1.29 is 13.9 Å². The molecule has 0 amide bonds. The SMILES string of the molecule is COc1ccc(OCCn2cnc3c(oc4ccccc43)c2=O)cc1. The number of ether oxygens (including phenoxy) is 2. The van der Waals surface area contributed by atoms with Gasteiger partial charge in [0.25, 0.3) is 5.56 Å². The Balaban J connectivity index is 1.54. The highest BCUT2D eigenvalue weighted by Gasteiger charge is 2.12. The molecule has 0 spiro atoms. The van der Waals surface area contributed by atoms with Gasteiger partial charge in [0.15, 0.2) is 0 Å². The van der Waals surface area contributed by atoms with Crippen LogP contribution in [0.15, 0.2) is 64.1 Å². The first-order chi connectivity index (χ1) is 12.3. The van der Waals surface area contributed by atoms with E-state index in [1.165, 1.54) is 10.9 Å². The Morgan fingerprint density at radius 2 is 1.84 bits per heavy atom. The van der Waals surface area contributed by atoms with Crippen LogP contribution in [0.5, 0.6) is 11.5 Å². The van der Waals surface area contributed by atoms with Crippen LogP contribution < -0.4 is 15.0 Å². The van der Waals surface area contributed by atoms with E-state index in [4.69, 9.17) is 13.9 Å². The molecule has 0 aliphatic rings. The Morgan fingerprint density at radius 3 is 2.64 bits per heavy atom. The third kappa shape index (κ3) is 2.82. The van der Waals surface area contributed by atoms with Crippen LogP contribution in [0.2, 0.25) is 0 Å². The summed E-state index contributed by atoms with van der Waals surface area (Å²) in [7, 11) is 1.61. The lowest BCUT2D eigenvalue weighted by molar-refractivity contribution is 0.295. The van der Waals surface area contributed by atoms with Crippen molar-refractivity contribution in [1.29, 1.82) is 0 Å². The Labute approximate surface area is 143 Å². The maximum Gasteiger partial charge on any atom is 0.297 e. The maximum atomic E-state index is 12.6. The van der Waals surface area contributed by atoms with E-state index >= 15 is 0 Å². The summed E-state index contributed by atoms with van der Waals surface area (Å²) in [5, 5.41) is 0.844. The molecule has 2 aromatic heterocycles. The van der Waals surface area contributed by atoms with Crippen LogP contribution in [0.3, 0.4) is 0 Å². The fourth-order valence-electron chi connectivity index (χ4n) is 2.71. The number of benzene rings is 2. The molecule has 25 heavy (non-hydrogen) atoms. The summed E-state index contributed by atoms with van der Waals surface area (Å²) in [6.45, 7) is 0.727. The monoisotopic (exact) mass is 336 g/mol. The van der Waals surface area contributed by atoms with Gasteiger partial charge in [0, 0.05) is 5.39 Å². The zero-order chi connectivity index (χ0) is 17.2. The van der Waals surface area contributed by atoms with Gasteiger partial charge in [-0.1, -0.05) is 12.1 Å². The molecule has 0 unspecified atom stereocenters. The third-order valence-electron chi connectivity index (χ3n) is 4.01. The topological polar surface area (TPSA) is 66.5 Å². The summed E-state index contributed by atoms with van der Waals surface area (Å²) < 4.78 is 17.9. The molecule has 2 aromatic carbocycles. The number of hydrogen-bond donors (Lipinski definition) is 0. The largest absolute Gasteiger partial charge is 0.497 e. The molecule has 4 aromatic rings. The van der Waals surface area contributed by atoms with Gasteiger partial charge in [0.05, 0.1) is 20.0 Å². The molecule has 0 aliphatic carbocycles. The molecule has 0 atom stereocenters. The van der Waals surface area contributed by atoms with Gasteiger partial charge in [0.2, 0.25) is 5.58 Å². The first-order valence-corrected chi connectivity index (χ1v) is 7.90. The molecule has 0 saturated heterocycles. The maximum absolute atomic E-state index is 12.6. The van der Waals surface area contributed by atoms with E-state index < -0.39 is 0 Å². The smallest absolute Gasteiger partial charge is 0.297 e. The van der Waals surface area contributed by atoms with Gasteiger partial charge in [-0.3, -0.25) is 9.36 Å². The second-order valence-electron chi connectivity index (χ2n) is 5.54. The van der Waals surface area contributed by atoms with Crippen molar-refractivity contribution in [3.8, 4) is 11.5 Å². The molecule has 6 nitrogen and oxygen atoms in total. The van der Waals surface area contributed by atoms with Crippen molar-refractivity contribution in [3.63, 3.8) is 0 Å². The highest BCUT2D eigenvalue weighted by Crippen LogP contribution is 2.24. The third-order valence-corrected chi connectivity index (χ3v) is 4.01. The molecule has 0 radical (unpaired) electrons. The number of rotatable bonds is 5. The second kappa shape index (κ2) is 6.32. The standard InChI is InChI=1S/C19H16N2O4/c1-23-13-6-8-14(9-7-13)24-11-10-21-12-20-17-15-4-2-3-5-16(15)25-18(17)19(21)22/h2-9,12H,10-11H2,1H3. The zero-order valence-corrected chi connectivity index (χ0v) is 13.6. The Bertz CT molecular complexity index is 1080. The van der Waals surface area contributed by atoms with E-state index in [9.17, 15) is 4.79 Å². The summed E-state index contributed by atoms with van der Waals surface area (Å²) in [6, 6.07) is 14.8. The number of methoxy groups -OCH3 is 1. The summed E-state index contributed by atoms with van der Waals surface area (Å²) in [6.07, 6.45) is 1.53. The normalized spacial score (nSPS) is 11.1. The number of fused-ring (bicyclic) bond motifs is 3.